The lowest BCUT2D eigenvalue weighted by atomic mass is 9.94. The number of carbonyl (C=O) groups is 1. The molecule has 1 N–H and O–H groups in total. The molecular weight excluding hydrogens is 597 g/mol. The van der Waals surface area contributed by atoms with Crippen LogP contribution in [-0.4, -0.2) is 51.6 Å². The van der Waals surface area contributed by atoms with Gasteiger partial charge in [0.05, 0.1) is 4.90 Å². The van der Waals surface area contributed by atoms with Crippen molar-refractivity contribution >= 4 is 41.0 Å². The first kappa shape index (κ1) is 31.6. The molecule has 1 aromatic heterocycles. The molecule has 41 heavy (non-hydrogen) atoms. The molecule has 5 rings (SSSR count). The second-order valence-electron chi connectivity index (χ2n) is 10.5. The van der Waals surface area contributed by atoms with E-state index in [1.165, 1.54) is 37.3 Å². The number of thioether (sulfide) groups is 2. The molecule has 1 aromatic carbocycles. The van der Waals surface area contributed by atoms with Crippen LogP contribution in [0.5, 0.6) is 5.75 Å². The molecule has 0 saturated heterocycles. The SMILES string of the molecule is CCC(C)(F)F.O=C(O)C1(COc2cc3c(nc2SC2CC(F)(F)C2)N(c2ccc(F)cc2)CCC(F)(F)S3)CC1. The second kappa shape index (κ2) is 11.7. The fourth-order valence-corrected chi connectivity index (χ4v) is 6.25. The Morgan fingerprint density at radius 3 is 2.29 bits per heavy atom. The largest absolute Gasteiger partial charge is 0.490 e. The molecule has 2 aliphatic carbocycles. The number of hydrogen-bond donors (Lipinski definition) is 1. The molecule has 2 aromatic rings. The van der Waals surface area contributed by atoms with Gasteiger partial charge in [-0.3, -0.25) is 4.79 Å². The fraction of sp³-hybridized carbons (Fsp3) is 0.556. The summed E-state index contributed by atoms with van der Waals surface area (Å²) in [5.41, 5.74) is -0.573. The lowest BCUT2D eigenvalue weighted by molar-refractivity contribution is -0.144. The number of pyridine rings is 1. The minimum atomic E-state index is -3.12. The van der Waals surface area contributed by atoms with Crippen molar-refractivity contribution in [1.29, 1.82) is 0 Å². The van der Waals surface area contributed by atoms with Crippen LogP contribution in [0.1, 0.15) is 52.4 Å². The number of rotatable bonds is 8. The smallest absolute Gasteiger partial charge is 0.313 e. The molecule has 5 nitrogen and oxygen atoms in total. The fourth-order valence-electron chi connectivity index (χ4n) is 3.97. The number of halogens is 7. The molecule has 1 aliphatic heterocycles. The van der Waals surface area contributed by atoms with E-state index in [0.717, 1.165) is 18.7 Å². The Morgan fingerprint density at radius 1 is 1.17 bits per heavy atom. The van der Waals surface area contributed by atoms with Gasteiger partial charge in [0.1, 0.15) is 28.7 Å². The van der Waals surface area contributed by atoms with Crippen molar-refractivity contribution in [3.63, 3.8) is 0 Å². The van der Waals surface area contributed by atoms with Crippen LogP contribution >= 0.6 is 23.5 Å². The number of carboxylic acid groups (broad SMARTS) is 1. The number of carboxylic acids is 1. The van der Waals surface area contributed by atoms with Crippen LogP contribution in [0, 0.1) is 11.2 Å². The molecule has 226 valence electrons. The average molecular weight is 627 g/mol. The van der Waals surface area contributed by atoms with Crippen LogP contribution < -0.4 is 9.64 Å². The molecule has 0 atom stereocenters. The van der Waals surface area contributed by atoms with Gasteiger partial charge < -0.3 is 14.7 Å². The molecular formula is C27H29F7N2O3S2. The Balaban J connectivity index is 0.000000585. The predicted molar refractivity (Wildman–Crippen MR) is 143 cm³/mol. The van der Waals surface area contributed by atoms with Gasteiger partial charge in [-0.2, -0.15) is 8.78 Å². The summed E-state index contributed by atoms with van der Waals surface area (Å²) < 4.78 is 98.4. The molecule has 0 bridgehead atoms. The molecule has 2 saturated carbocycles. The molecule has 2 fully saturated rings. The van der Waals surface area contributed by atoms with E-state index in [2.05, 4.69) is 4.98 Å². The van der Waals surface area contributed by atoms with Gasteiger partial charge in [0, 0.05) is 49.2 Å². The van der Waals surface area contributed by atoms with Crippen molar-refractivity contribution in [3.8, 4) is 5.75 Å². The number of anilines is 2. The van der Waals surface area contributed by atoms with Crippen LogP contribution in [0.2, 0.25) is 0 Å². The highest BCUT2D eigenvalue weighted by Gasteiger charge is 2.52. The van der Waals surface area contributed by atoms with Gasteiger partial charge in [0.2, 0.25) is 11.8 Å². The number of nitrogens with zero attached hydrogens (tertiary/aromatic N) is 2. The summed E-state index contributed by atoms with van der Waals surface area (Å²) in [6.07, 6.45) is -0.382. The Hall–Kier alpha value is -2.35. The zero-order chi connectivity index (χ0) is 30.2. The number of alkyl halides is 6. The van der Waals surface area contributed by atoms with Crippen LogP contribution in [0.25, 0.3) is 0 Å². The van der Waals surface area contributed by atoms with Gasteiger partial charge in [-0.05, 0) is 55.8 Å². The normalized spacial score (nSPS) is 20.6. The van der Waals surface area contributed by atoms with Crippen LogP contribution in [0.3, 0.4) is 0 Å². The van der Waals surface area contributed by atoms with Crippen LogP contribution in [0.15, 0.2) is 40.3 Å². The molecule has 0 spiro atoms. The highest BCUT2D eigenvalue weighted by atomic mass is 32.2. The minimum Gasteiger partial charge on any atom is -0.490 e. The number of benzene rings is 1. The summed E-state index contributed by atoms with van der Waals surface area (Å²) >= 11 is 1.39. The lowest BCUT2D eigenvalue weighted by Crippen LogP contribution is -2.37. The van der Waals surface area contributed by atoms with Crippen molar-refractivity contribution in [2.24, 2.45) is 5.41 Å². The van der Waals surface area contributed by atoms with E-state index in [4.69, 9.17) is 4.74 Å². The van der Waals surface area contributed by atoms with Crippen molar-refractivity contribution in [1.82, 2.24) is 4.98 Å². The third kappa shape index (κ3) is 8.14. The molecule has 2 heterocycles. The maximum absolute atomic E-state index is 14.6. The highest BCUT2D eigenvalue weighted by molar-refractivity contribution is 8.00. The number of ether oxygens (including phenoxy) is 1. The molecule has 0 unspecified atom stereocenters. The van der Waals surface area contributed by atoms with Gasteiger partial charge in [0.15, 0.2) is 5.75 Å². The summed E-state index contributed by atoms with van der Waals surface area (Å²) in [6.45, 7) is 2.10. The third-order valence-corrected chi connectivity index (χ3v) is 9.15. The van der Waals surface area contributed by atoms with Crippen molar-refractivity contribution in [3.05, 3.63) is 36.1 Å². The van der Waals surface area contributed by atoms with E-state index in [1.54, 1.807) is 4.90 Å². The van der Waals surface area contributed by atoms with E-state index in [0.29, 0.717) is 30.3 Å². The molecule has 3 aliphatic rings. The summed E-state index contributed by atoms with van der Waals surface area (Å²) in [5, 5.41) is 6.14. The Labute approximate surface area is 241 Å². The van der Waals surface area contributed by atoms with Gasteiger partial charge in [0.25, 0.3) is 5.25 Å². The number of fused-ring (bicyclic) bond motifs is 1. The first-order valence-electron chi connectivity index (χ1n) is 12.9. The van der Waals surface area contributed by atoms with E-state index in [-0.39, 0.29) is 53.9 Å². The first-order chi connectivity index (χ1) is 19.0. The maximum Gasteiger partial charge on any atom is 0.313 e. The standard InChI is InChI=1S/C23H21F5N2O3S2.C4H8F2/c24-13-1-3-14(4-2-13)30-8-7-23(27,28)35-17-9-16(33-12-21(5-6-21)20(31)32)19(29-18(17)30)34-15-10-22(25,26)11-15;1-3-4(2,5)6/h1-4,9,15H,5-8,10-12H2,(H,31,32);3H2,1-2H3. The molecule has 14 heteroatoms. The zero-order valence-electron chi connectivity index (χ0n) is 22.2. The van der Waals surface area contributed by atoms with E-state index < -0.39 is 46.0 Å². The summed E-state index contributed by atoms with van der Waals surface area (Å²) in [5.74, 6) is -6.41. The maximum atomic E-state index is 14.6. The van der Waals surface area contributed by atoms with Gasteiger partial charge in [-0.1, -0.05) is 18.7 Å². The monoisotopic (exact) mass is 626 g/mol. The third-order valence-electron chi connectivity index (χ3n) is 6.94. The van der Waals surface area contributed by atoms with Crippen LogP contribution in [0.4, 0.5) is 42.2 Å². The summed E-state index contributed by atoms with van der Waals surface area (Å²) in [4.78, 5) is 17.8. The lowest BCUT2D eigenvalue weighted by Gasteiger charge is -2.34. The average Bonchev–Trinajstić information content (AvgIpc) is 3.66. The van der Waals surface area contributed by atoms with Crippen molar-refractivity contribution < 1.29 is 45.4 Å². The Kier molecular flexibility index (Phi) is 9.04. The number of aliphatic carboxylic acids is 1. The van der Waals surface area contributed by atoms with Gasteiger partial charge in [-0.15, -0.1) is 0 Å². The first-order valence-corrected chi connectivity index (χ1v) is 14.6. The van der Waals surface area contributed by atoms with E-state index in [9.17, 15) is 40.6 Å². The van der Waals surface area contributed by atoms with E-state index >= 15 is 0 Å². The number of aromatic nitrogens is 1. The molecule has 0 amide bonds. The Bertz CT molecular complexity index is 1250. The highest BCUT2D eigenvalue weighted by Crippen LogP contribution is 2.53. The van der Waals surface area contributed by atoms with Gasteiger partial charge >= 0.3 is 5.97 Å². The van der Waals surface area contributed by atoms with Gasteiger partial charge in [-0.25, -0.2) is 26.9 Å². The van der Waals surface area contributed by atoms with Crippen molar-refractivity contribution in [2.75, 3.05) is 18.1 Å². The Morgan fingerprint density at radius 2 is 1.78 bits per heavy atom. The summed E-state index contributed by atoms with van der Waals surface area (Å²) in [7, 11) is 0. The number of hydrogen-bond acceptors (Lipinski definition) is 6. The second-order valence-corrected chi connectivity index (χ2v) is 13.1. The van der Waals surface area contributed by atoms with E-state index in [1.807, 2.05) is 0 Å². The van der Waals surface area contributed by atoms with Crippen LogP contribution in [-0.2, 0) is 4.79 Å². The quantitative estimate of drug-likeness (QED) is 0.294. The zero-order valence-corrected chi connectivity index (χ0v) is 23.9. The predicted octanol–water partition coefficient (Wildman–Crippen LogP) is 8.63. The molecule has 0 radical (unpaired) electrons. The topological polar surface area (TPSA) is 62.7 Å². The van der Waals surface area contributed by atoms with Crippen molar-refractivity contribution in [2.45, 2.75) is 84.6 Å². The minimum absolute atomic E-state index is 0.0625. The summed E-state index contributed by atoms with van der Waals surface area (Å²) in [6, 6.07) is 6.75.